The van der Waals surface area contributed by atoms with Crippen LogP contribution < -0.4 is 4.74 Å². The maximum Gasteiger partial charge on any atom is 0.150 e. The van der Waals surface area contributed by atoms with E-state index in [1.54, 1.807) is 19.1 Å². The summed E-state index contributed by atoms with van der Waals surface area (Å²) in [5.41, 5.74) is -0.283. The summed E-state index contributed by atoms with van der Waals surface area (Å²) in [4.78, 5) is 0. The smallest absolute Gasteiger partial charge is 0.150 e. The molecule has 0 N–H and O–H groups in total. The van der Waals surface area contributed by atoms with Crippen LogP contribution in [0.4, 0.5) is 8.78 Å². The maximum atomic E-state index is 13.2. The third-order valence-corrected chi connectivity index (χ3v) is 2.04. The zero-order chi connectivity index (χ0) is 12.1. The molecule has 0 saturated heterocycles. The van der Waals surface area contributed by atoms with Gasteiger partial charge in [0, 0.05) is 18.6 Å². The van der Waals surface area contributed by atoms with E-state index in [4.69, 9.17) is 10.00 Å². The fourth-order valence-corrected chi connectivity index (χ4v) is 1.22. The Bertz CT molecular complexity index is 461. The van der Waals surface area contributed by atoms with Gasteiger partial charge in [0.05, 0.1) is 5.76 Å². The van der Waals surface area contributed by atoms with Crippen molar-refractivity contribution in [3.05, 3.63) is 41.2 Å². The van der Waals surface area contributed by atoms with Crippen LogP contribution >= 0.6 is 0 Å². The van der Waals surface area contributed by atoms with Crippen molar-refractivity contribution in [3.8, 4) is 11.8 Å². The highest BCUT2D eigenvalue weighted by Crippen LogP contribution is 2.25. The lowest BCUT2D eigenvalue weighted by Crippen LogP contribution is -1.98. The number of nitriles is 1. The van der Waals surface area contributed by atoms with E-state index in [1.165, 1.54) is 0 Å². The van der Waals surface area contributed by atoms with Crippen LogP contribution in [-0.4, -0.2) is 0 Å². The molecule has 0 atom stereocenters. The molecule has 0 aliphatic carbocycles. The average Bonchev–Trinajstić information content (AvgIpc) is 2.25. The Morgan fingerprint density at radius 2 is 2.19 bits per heavy atom. The summed E-state index contributed by atoms with van der Waals surface area (Å²) in [5, 5.41) is 8.74. The van der Waals surface area contributed by atoms with E-state index >= 15 is 0 Å². The summed E-state index contributed by atoms with van der Waals surface area (Å²) < 4.78 is 31.4. The van der Waals surface area contributed by atoms with Gasteiger partial charge in [-0.15, -0.1) is 0 Å². The topological polar surface area (TPSA) is 33.0 Å². The van der Waals surface area contributed by atoms with Crippen molar-refractivity contribution in [3.63, 3.8) is 0 Å². The van der Waals surface area contributed by atoms with Gasteiger partial charge in [-0.2, -0.15) is 5.26 Å². The predicted molar refractivity (Wildman–Crippen MR) is 55.7 cm³/mol. The van der Waals surface area contributed by atoms with Gasteiger partial charge in [0.25, 0.3) is 0 Å². The Kier molecular flexibility index (Phi) is 4.01. The van der Waals surface area contributed by atoms with Gasteiger partial charge in [0.2, 0.25) is 0 Å². The zero-order valence-electron chi connectivity index (χ0n) is 9.05. The Morgan fingerprint density at radius 1 is 1.50 bits per heavy atom. The molecule has 2 nitrogen and oxygen atoms in total. The lowest BCUT2D eigenvalue weighted by Gasteiger charge is -2.09. The molecule has 84 valence electrons. The van der Waals surface area contributed by atoms with Gasteiger partial charge in [0.15, 0.2) is 5.75 Å². The Hall–Kier alpha value is -1.89. The van der Waals surface area contributed by atoms with E-state index < -0.39 is 11.6 Å². The first kappa shape index (κ1) is 12.2. The molecule has 1 rings (SSSR count). The van der Waals surface area contributed by atoms with Gasteiger partial charge in [-0.05, 0) is 13.0 Å². The molecule has 4 heteroatoms. The number of hydrogen-bond donors (Lipinski definition) is 0. The minimum Gasteiger partial charge on any atom is -0.460 e. The molecule has 0 heterocycles. The van der Waals surface area contributed by atoms with E-state index in [-0.39, 0.29) is 11.3 Å². The molecular formula is C12H11F2NO. The number of rotatable bonds is 3. The number of benzene rings is 1. The van der Waals surface area contributed by atoms with Crippen molar-refractivity contribution in [2.24, 2.45) is 0 Å². The maximum absolute atomic E-state index is 13.2. The molecule has 0 radical (unpaired) electrons. The fourth-order valence-electron chi connectivity index (χ4n) is 1.22. The van der Waals surface area contributed by atoms with Crippen LogP contribution in [0.15, 0.2) is 24.0 Å². The first-order chi connectivity index (χ1) is 7.62. The van der Waals surface area contributed by atoms with Gasteiger partial charge >= 0.3 is 0 Å². The number of allylic oxidation sites excluding steroid dienone is 2. The molecule has 0 aliphatic rings. The summed E-state index contributed by atoms with van der Waals surface area (Å²) in [6, 6.07) is 3.31. The van der Waals surface area contributed by atoms with Crippen LogP contribution in [0.3, 0.4) is 0 Å². The monoisotopic (exact) mass is 223 g/mol. The lowest BCUT2D eigenvalue weighted by molar-refractivity contribution is 0.399. The SMILES string of the molecule is CC=C(CC)Oc1cc(F)cc(F)c1C#N. The highest BCUT2D eigenvalue weighted by Gasteiger charge is 2.13. The third kappa shape index (κ3) is 2.57. The molecule has 0 aliphatic heterocycles. The van der Waals surface area contributed by atoms with E-state index in [0.29, 0.717) is 18.2 Å². The van der Waals surface area contributed by atoms with E-state index in [1.807, 2.05) is 6.92 Å². The second-order valence-electron chi connectivity index (χ2n) is 3.08. The molecule has 0 aromatic heterocycles. The Labute approximate surface area is 92.8 Å². The van der Waals surface area contributed by atoms with Gasteiger partial charge in [-0.3, -0.25) is 0 Å². The van der Waals surface area contributed by atoms with Crippen molar-refractivity contribution < 1.29 is 13.5 Å². The summed E-state index contributed by atoms with van der Waals surface area (Å²) in [6.45, 7) is 3.59. The molecule has 0 saturated carbocycles. The van der Waals surface area contributed by atoms with Crippen molar-refractivity contribution in [2.75, 3.05) is 0 Å². The summed E-state index contributed by atoms with van der Waals surface area (Å²) in [7, 11) is 0. The molecule has 0 amide bonds. The van der Waals surface area contributed by atoms with Crippen molar-refractivity contribution in [2.45, 2.75) is 20.3 Å². The molecule has 0 bridgehead atoms. The number of hydrogen-bond acceptors (Lipinski definition) is 2. The summed E-state index contributed by atoms with van der Waals surface area (Å²) in [5.74, 6) is -1.21. The minimum atomic E-state index is -0.913. The standard InChI is InChI=1S/C12H11F2NO/c1-3-9(4-2)16-12-6-8(13)5-11(14)10(12)7-15/h3,5-6H,4H2,1-2H3. The first-order valence-electron chi connectivity index (χ1n) is 4.84. The molecule has 0 spiro atoms. The first-order valence-corrected chi connectivity index (χ1v) is 4.84. The highest BCUT2D eigenvalue weighted by atomic mass is 19.1. The van der Waals surface area contributed by atoms with E-state index in [0.717, 1.165) is 6.07 Å². The predicted octanol–water partition coefficient (Wildman–Crippen LogP) is 3.53. The molecule has 1 aromatic rings. The quantitative estimate of drug-likeness (QED) is 0.734. The van der Waals surface area contributed by atoms with E-state index in [9.17, 15) is 8.78 Å². The largest absolute Gasteiger partial charge is 0.460 e. The molecular weight excluding hydrogens is 212 g/mol. The fraction of sp³-hybridized carbons (Fsp3) is 0.250. The van der Waals surface area contributed by atoms with Gasteiger partial charge in [-0.25, -0.2) is 8.78 Å². The zero-order valence-corrected chi connectivity index (χ0v) is 9.05. The number of halogens is 2. The van der Waals surface area contributed by atoms with Crippen molar-refractivity contribution in [1.29, 1.82) is 5.26 Å². The highest BCUT2D eigenvalue weighted by molar-refractivity contribution is 5.45. The van der Waals surface area contributed by atoms with Crippen LogP contribution in [0.5, 0.6) is 5.75 Å². The molecule has 1 aromatic carbocycles. The minimum absolute atomic E-state index is 0.0880. The van der Waals surface area contributed by atoms with E-state index in [2.05, 4.69) is 0 Å². The lowest BCUT2D eigenvalue weighted by atomic mass is 10.2. The number of ether oxygens (including phenoxy) is 1. The van der Waals surface area contributed by atoms with Crippen molar-refractivity contribution in [1.82, 2.24) is 0 Å². The van der Waals surface area contributed by atoms with Crippen molar-refractivity contribution >= 4 is 0 Å². The average molecular weight is 223 g/mol. The Morgan fingerprint density at radius 3 is 2.69 bits per heavy atom. The second kappa shape index (κ2) is 5.26. The summed E-state index contributed by atoms with van der Waals surface area (Å²) in [6.07, 6.45) is 2.27. The second-order valence-corrected chi connectivity index (χ2v) is 3.08. The van der Waals surface area contributed by atoms with Crippen LogP contribution in [-0.2, 0) is 0 Å². The third-order valence-electron chi connectivity index (χ3n) is 2.04. The summed E-state index contributed by atoms with van der Waals surface area (Å²) >= 11 is 0. The number of nitrogens with zero attached hydrogens (tertiary/aromatic N) is 1. The molecule has 0 unspecified atom stereocenters. The van der Waals surface area contributed by atoms with Crippen LogP contribution in [0.2, 0.25) is 0 Å². The van der Waals surface area contributed by atoms with Gasteiger partial charge in [0.1, 0.15) is 23.3 Å². The van der Waals surface area contributed by atoms with Gasteiger partial charge in [-0.1, -0.05) is 6.92 Å². The van der Waals surface area contributed by atoms with Crippen LogP contribution in [0.25, 0.3) is 0 Å². The van der Waals surface area contributed by atoms with Crippen LogP contribution in [0, 0.1) is 23.0 Å². The normalized spacial score (nSPS) is 11.1. The van der Waals surface area contributed by atoms with Crippen LogP contribution in [0.1, 0.15) is 25.8 Å². The molecule has 0 fully saturated rings. The van der Waals surface area contributed by atoms with Gasteiger partial charge < -0.3 is 4.74 Å². The molecule has 16 heavy (non-hydrogen) atoms. The Balaban J connectivity index is 3.18.